The number of aryl methyl sites for hydroxylation is 1. The Morgan fingerprint density at radius 1 is 1.41 bits per heavy atom. The number of H-pyrrole nitrogens is 1. The van der Waals surface area contributed by atoms with Crippen molar-refractivity contribution in [1.29, 1.82) is 0 Å². The molecule has 4 nitrogen and oxygen atoms in total. The molecule has 0 saturated carbocycles. The Kier molecular flexibility index (Phi) is 4.45. The van der Waals surface area contributed by atoms with Gasteiger partial charge in [-0.15, -0.1) is 0 Å². The fourth-order valence-corrected chi connectivity index (χ4v) is 3.96. The number of benzene rings is 1. The largest absolute Gasteiger partial charge is 0.488 e. The molecule has 2 aromatic rings. The summed E-state index contributed by atoms with van der Waals surface area (Å²) in [5.41, 5.74) is 3.20. The van der Waals surface area contributed by atoms with Crippen molar-refractivity contribution in [3.05, 3.63) is 39.7 Å². The van der Waals surface area contributed by atoms with Crippen LogP contribution in [-0.4, -0.2) is 48.1 Å². The summed E-state index contributed by atoms with van der Waals surface area (Å²) in [4.78, 5) is 16.6. The van der Waals surface area contributed by atoms with Gasteiger partial charge in [-0.1, -0.05) is 6.07 Å². The monoisotopic (exact) mass is 318 g/mol. The number of ether oxygens (including phenoxy) is 1. The highest BCUT2D eigenvalue weighted by Gasteiger charge is 2.25. The van der Waals surface area contributed by atoms with E-state index < -0.39 is 0 Å². The van der Waals surface area contributed by atoms with Gasteiger partial charge in [-0.25, -0.2) is 0 Å². The smallest absolute Gasteiger partial charge is 0.248 e. The molecule has 2 heterocycles. The van der Waals surface area contributed by atoms with E-state index in [2.05, 4.69) is 30.0 Å². The summed E-state index contributed by atoms with van der Waals surface area (Å²) >= 11 is 1.94. The first-order chi connectivity index (χ1) is 10.5. The number of nitrogens with one attached hydrogen (secondary N) is 1. The zero-order chi connectivity index (χ0) is 15.7. The zero-order valence-electron chi connectivity index (χ0n) is 13.3. The van der Waals surface area contributed by atoms with E-state index in [-0.39, 0.29) is 11.7 Å². The first-order valence-electron chi connectivity index (χ1n) is 7.59. The second kappa shape index (κ2) is 6.34. The number of pyridine rings is 1. The lowest BCUT2D eigenvalue weighted by Crippen LogP contribution is -2.19. The fraction of sp³-hybridized carbons (Fsp3) is 0.471. The van der Waals surface area contributed by atoms with Crippen LogP contribution in [0.15, 0.2) is 23.0 Å². The molecule has 1 N–H and O–H groups in total. The van der Waals surface area contributed by atoms with Crippen LogP contribution in [0, 0.1) is 6.92 Å². The molecule has 118 valence electrons. The molecule has 0 spiro atoms. The summed E-state index contributed by atoms with van der Waals surface area (Å²) in [6, 6.07) is 5.60. The van der Waals surface area contributed by atoms with Gasteiger partial charge in [0.1, 0.15) is 11.9 Å². The Morgan fingerprint density at radius 3 is 3.00 bits per heavy atom. The van der Waals surface area contributed by atoms with Crippen molar-refractivity contribution in [2.24, 2.45) is 0 Å². The standard InChI is InChI=1S/C17H22N2O2S/c1-11-8-12-9-13(10-22-7-6-19(2)3)21-17(12)14-4-5-15(20)18-16(11)14/h4-5,8,13H,6-7,9-10H2,1-3H3,(H,18,20). The molecule has 1 aliphatic rings. The van der Waals surface area contributed by atoms with Gasteiger partial charge in [0, 0.05) is 35.9 Å². The van der Waals surface area contributed by atoms with Crippen LogP contribution in [-0.2, 0) is 6.42 Å². The minimum absolute atomic E-state index is 0.0654. The SMILES string of the molecule is Cc1cc2c(c3ccc(=O)[nH]c13)OC(CSCCN(C)C)C2. The van der Waals surface area contributed by atoms with Crippen molar-refractivity contribution < 1.29 is 4.74 Å². The number of hydrogen-bond acceptors (Lipinski definition) is 4. The third-order valence-electron chi connectivity index (χ3n) is 3.96. The average Bonchev–Trinajstić information content (AvgIpc) is 2.86. The van der Waals surface area contributed by atoms with Crippen LogP contribution in [0.4, 0.5) is 0 Å². The third kappa shape index (κ3) is 3.15. The molecule has 1 aromatic carbocycles. The number of nitrogens with zero attached hydrogens (tertiary/aromatic N) is 1. The van der Waals surface area contributed by atoms with Crippen molar-refractivity contribution in [2.75, 3.05) is 32.1 Å². The van der Waals surface area contributed by atoms with Gasteiger partial charge >= 0.3 is 0 Å². The lowest BCUT2D eigenvalue weighted by molar-refractivity contribution is 0.262. The summed E-state index contributed by atoms with van der Waals surface area (Å²) in [5, 5.41) is 1.02. The van der Waals surface area contributed by atoms with E-state index in [4.69, 9.17) is 4.74 Å². The van der Waals surface area contributed by atoms with E-state index in [0.717, 1.165) is 46.7 Å². The van der Waals surface area contributed by atoms with Crippen molar-refractivity contribution >= 4 is 22.7 Å². The van der Waals surface area contributed by atoms with E-state index in [9.17, 15) is 4.79 Å². The Labute approximate surface area is 134 Å². The minimum atomic E-state index is -0.0654. The molecule has 1 atom stereocenters. The minimum Gasteiger partial charge on any atom is -0.488 e. The fourth-order valence-electron chi connectivity index (χ4n) is 2.85. The number of rotatable bonds is 5. The van der Waals surface area contributed by atoms with Crippen LogP contribution >= 0.6 is 11.8 Å². The number of aromatic nitrogens is 1. The molecule has 0 amide bonds. The van der Waals surface area contributed by atoms with Crippen molar-refractivity contribution in [2.45, 2.75) is 19.4 Å². The Morgan fingerprint density at radius 2 is 2.23 bits per heavy atom. The topological polar surface area (TPSA) is 45.3 Å². The van der Waals surface area contributed by atoms with Crippen LogP contribution in [0.5, 0.6) is 5.75 Å². The molecule has 0 saturated heterocycles. The van der Waals surface area contributed by atoms with E-state index in [1.54, 1.807) is 6.07 Å². The third-order valence-corrected chi connectivity index (χ3v) is 5.04. The second-order valence-corrected chi connectivity index (χ2v) is 7.26. The highest BCUT2D eigenvalue weighted by molar-refractivity contribution is 7.99. The molecule has 0 fully saturated rings. The predicted octanol–water partition coefficient (Wildman–Crippen LogP) is 2.43. The molecule has 0 aliphatic carbocycles. The van der Waals surface area contributed by atoms with Gasteiger partial charge in [0.15, 0.2) is 0 Å². The normalized spacial score (nSPS) is 17.0. The summed E-state index contributed by atoms with van der Waals surface area (Å²) in [6.07, 6.45) is 1.19. The molecule has 3 rings (SSSR count). The lowest BCUT2D eigenvalue weighted by atomic mass is 10.0. The highest BCUT2D eigenvalue weighted by Crippen LogP contribution is 2.37. The molecule has 0 radical (unpaired) electrons. The summed E-state index contributed by atoms with van der Waals surface area (Å²) in [6.45, 7) is 3.13. The van der Waals surface area contributed by atoms with Crippen molar-refractivity contribution in [3.63, 3.8) is 0 Å². The van der Waals surface area contributed by atoms with Crippen LogP contribution in [0.1, 0.15) is 11.1 Å². The Balaban J connectivity index is 1.76. The van der Waals surface area contributed by atoms with Crippen LogP contribution in [0.25, 0.3) is 10.9 Å². The van der Waals surface area contributed by atoms with Crippen LogP contribution < -0.4 is 10.3 Å². The van der Waals surface area contributed by atoms with Gasteiger partial charge in [0.2, 0.25) is 5.56 Å². The van der Waals surface area contributed by atoms with Gasteiger partial charge in [-0.2, -0.15) is 11.8 Å². The molecular formula is C17H22N2O2S. The Hall–Kier alpha value is -1.46. The van der Waals surface area contributed by atoms with Gasteiger partial charge in [-0.05, 0) is 38.2 Å². The molecule has 1 unspecified atom stereocenters. The van der Waals surface area contributed by atoms with E-state index in [0.29, 0.717) is 0 Å². The summed E-state index contributed by atoms with van der Waals surface area (Å²) in [7, 11) is 4.19. The number of hydrogen-bond donors (Lipinski definition) is 1. The maximum atomic E-state index is 11.5. The number of fused-ring (bicyclic) bond motifs is 3. The highest BCUT2D eigenvalue weighted by atomic mass is 32.2. The number of aromatic amines is 1. The van der Waals surface area contributed by atoms with E-state index in [1.165, 1.54) is 5.56 Å². The quantitative estimate of drug-likeness (QED) is 0.860. The maximum Gasteiger partial charge on any atom is 0.248 e. The lowest BCUT2D eigenvalue weighted by Gasteiger charge is -2.13. The van der Waals surface area contributed by atoms with Gasteiger partial charge in [-0.3, -0.25) is 4.79 Å². The van der Waals surface area contributed by atoms with E-state index in [1.807, 2.05) is 24.8 Å². The summed E-state index contributed by atoms with van der Waals surface area (Å²) < 4.78 is 6.17. The van der Waals surface area contributed by atoms with Gasteiger partial charge in [0.05, 0.1) is 5.52 Å². The maximum absolute atomic E-state index is 11.5. The second-order valence-electron chi connectivity index (χ2n) is 6.12. The zero-order valence-corrected chi connectivity index (χ0v) is 14.1. The summed E-state index contributed by atoms with van der Waals surface area (Å²) in [5.74, 6) is 3.08. The van der Waals surface area contributed by atoms with Gasteiger partial charge < -0.3 is 14.6 Å². The first-order valence-corrected chi connectivity index (χ1v) is 8.74. The molecule has 1 aliphatic heterocycles. The molecule has 5 heteroatoms. The molecule has 1 aromatic heterocycles. The van der Waals surface area contributed by atoms with Gasteiger partial charge in [0.25, 0.3) is 0 Å². The van der Waals surface area contributed by atoms with Crippen molar-refractivity contribution in [3.8, 4) is 5.75 Å². The van der Waals surface area contributed by atoms with Crippen LogP contribution in [0.2, 0.25) is 0 Å². The molecule has 0 bridgehead atoms. The van der Waals surface area contributed by atoms with E-state index >= 15 is 0 Å². The molecular weight excluding hydrogens is 296 g/mol. The molecule has 22 heavy (non-hydrogen) atoms. The predicted molar refractivity (Wildman–Crippen MR) is 93.3 cm³/mol. The number of thioether (sulfide) groups is 1. The Bertz CT molecular complexity index is 739. The first kappa shape index (κ1) is 15.4. The van der Waals surface area contributed by atoms with Crippen molar-refractivity contribution in [1.82, 2.24) is 9.88 Å². The van der Waals surface area contributed by atoms with Crippen LogP contribution in [0.3, 0.4) is 0 Å². The average molecular weight is 318 g/mol.